The smallest absolute Gasteiger partial charge is 0.325 e. The molecule has 0 unspecified atom stereocenters. The molecule has 4 rings (SSSR count). The molecule has 4 aromatic rings. The molecule has 4 N–H and O–H groups in total. The monoisotopic (exact) mass is 510 g/mol. The Kier molecular flexibility index (Phi) is 6.81. The van der Waals surface area contributed by atoms with Gasteiger partial charge in [-0.3, -0.25) is 19.5 Å². The summed E-state index contributed by atoms with van der Waals surface area (Å²) < 4.78 is 28.6. The van der Waals surface area contributed by atoms with Crippen molar-refractivity contribution < 1.29 is 13.5 Å². The van der Waals surface area contributed by atoms with Gasteiger partial charge in [-0.2, -0.15) is 0 Å². The van der Waals surface area contributed by atoms with Crippen LogP contribution in [0.1, 0.15) is 25.0 Å². The summed E-state index contributed by atoms with van der Waals surface area (Å²) in [6.45, 7) is 3.62. The Balaban J connectivity index is 1.87. The van der Waals surface area contributed by atoms with E-state index in [1.54, 1.807) is 25.3 Å². The molecule has 180 valence electrons. The summed E-state index contributed by atoms with van der Waals surface area (Å²) in [7, 11) is -4.36. The number of phenols is 1. The molecule has 35 heavy (non-hydrogen) atoms. The minimum atomic E-state index is -4.36. The van der Waals surface area contributed by atoms with Crippen LogP contribution < -0.4 is 16.0 Å². The summed E-state index contributed by atoms with van der Waals surface area (Å²) in [5, 5.41) is 12.0. The number of nitrogens with one attached hydrogen (secondary N) is 3. The Morgan fingerprint density at radius 3 is 2.66 bits per heavy atom. The van der Waals surface area contributed by atoms with Crippen LogP contribution in [0.15, 0.2) is 79.1 Å². The first-order valence-corrected chi connectivity index (χ1v) is 12.9. The maximum absolute atomic E-state index is 13.1. The minimum Gasteiger partial charge on any atom is -0.506 e. The van der Waals surface area contributed by atoms with Crippen LogP contribution >= 0.6 is 11.8 Å². The Morgan fingerprint density at radius 2 is 1.94 bits per heavy atom. The fourth-order valence-electron chi connectivity index (χ4n) is 3.67. The van der Waals surface area contributed by atoms with E-state index in [2.05, 4.69) is 14.7 Å². The van der Waals surface area contributed by atoms with E-state index in [0.717, 1.165) is 22.0 Å². The zero-order valence-electron chi connectivity index (χ0n) is 18.8. The van der Waals surface area contributed by atoms with E-state index in [-0.39, 0.29) is 11.4 Å². The van der Waals surface area contributed by atoms with Crippen molar-refractivity contribution in [3.8, 4) is 5.75 Å². The van der Waals surface area contributed by atoms with Gasteiger partial charge in [0.1, 0.15) is 5.75 Å². The van der Waals surface area contributed by atoms with Gasteiger partial charge in [-0.1, -0.05) is 49.0 Å². The number of hydrogen-bond donors (Lipinski definition) is 4. The minimum absolute atomic E-state index is 0.0309. The molecule has 0 aliphatic heterocycles. The number of aromatic nitrogens is 3. The lowest BCUT2D eigenvalue weighted by atomic mass is 10.0. The molecule has 0 saturated heterocycles. The van der Waals surface area contributed by atoms with Crippen LogP contribution in [0.2, 0.25) is 0 Å². The van der Waals surface area contributed by atoms with E-state index >= 15 is 0 Å². The fourth-order valence-corrected chi connectivity index (χ4v) is 5.79. The van der Waals surface area contributed by atoms with Gasteiger partial charge in [0.25, 0.3) is 15.6 Å². The first kappa shape index (κ1) is 24.3. The zero-order valence-corrected chi connectivity index (χ0v) is 20.5. The van der Waals surface area contributed by atoms with E-state index in [1.165, 1.54) is 17.8 Å². The number of phenolic OH excluding ortho intramolecular Hbond substituents is 1. The second kappa shape index (κ2) is 9.80. The Hall–Kier alpha value is -3.83. The molecule has 0 radical (unpaired) electrons. The molecule has 2 aromatic heterocycles. The van der Waals surface area contributed by atoms with Crippen LogP contribution in [-0.2, 0) is 16.4 Å². The molecular weight excluding hydrogens is 488 g/mol. The number of hydrogen-bond acceptors (Lipinski definition) is 7. The predicted octanol–water partition coefficient (Wildman–Crippen LogP) is 3.86. The Labute approximate surface area is 205 Å². The average molecular weight is 511 g/mol. The third-order valence-electron chi connectivity index (χ3n) is 5.23. The maximum Gasteiger partial charge on any atom is 0.325 e. The van der Waals surface area contributed by atoms with Crippen molar-refractivity contribution in [1.82, 2.24) is 15.0 Å². The van der Waals surface area contributed by atoms with Crippen LogP contribution in [0.5, 0.6) is 5.75 Å². The average Bonchev–Trinajstić information content (AvgIpc) is 2.82. The van der Waals surface area contributed by atoms with Crippen LogP contribution in [0, 0.1) is 0 Å². The van der Waals surface area contributed by atoms with Crippen molar-refractivity contribution >= 4 is 44.5 Å². The summed E-state index contributed by atoms with van der Waals surface area (Å²) >= 11 is 1.25. The van der Waals surface area contributed by atoms with Gasteiger partial charge in [0.2, 0.25) is 0 Å². The third kappa shape index (κ3) is 4.86. The van der Waals surface area contributed by atoms with Gasteiger partial charge in [0, 0.05) is 33.8 Å². The summed E-state index contributed by atoms with van der Waals surface area (Å²) in [5.74, 6) is 0.0309. The lowest BCUT2D eigenvalue weighted by Gasteiger charge is -2.18. The largest absolute Gasteiger partial charge is 0.506 e. The highest BCUT2D eigenvalue weighted by Gasteiger charge is 2.23. The number of pyridine rings is 1. The van der Waals surface area contributed by atoms with Crippen molar-refractivity contribution in [3.05, 3.63) is 86.8 Å². The molecule has 0 aliphatic carbocycles. The van der Waals surface area contributed by atoms with E-state index in [4.69, 9.17) is 0 Å². The maximum atomic E-state index is 13.1. The molecule has 0 aliphatic rings. The van der Waals surface area contributed by atoms with Crippen LogP contribution in [-0.4, -0.2) is 28.5 Å². The Morgan fingerprint density at radius 1 is 1.17 bits per heavy atom. The summed E-state index contributed by atoms with van der Waals surface area (Å²) in [4.78, 5) is 32.6. The van der Waals surface area contributed by atoms with Gasteiger partial charge in [0.15, 0.2) is 4.90 Å². The predicted molar refractivity (Wildman–Crippen MR) is 137 cm³/mol. The van der Waals surface area contributed by atoms with E-state index in [1.807, 2.05) is 42.2 Å². The van der Waals surface area contributed by atoms with Crippen molar-refractivity contribution in [2.75, 3.05) is 4.72 Å². The molecule has 11 heteroatoms. The van der Waals surface area contributed by atoms with Gasteiger partial charge >= 0.3 is 5.69 Å². The summed E-state index contributed by atoms with van der Waals surface area (Å²) in [5.41, 5.74) is 0.0752. The summed E-state index contributed by atoms with van der Waals surface area (Å²) in [6.07, 6.45) is 6.35. The van der Waals surface area contributed by atoms with Crippen molar-refractivity contribution in [3.63, 3.8) is 0 Å². The highest BCUT2D eigenvalue weighted by atomic mass is 32.2. The van der Waals surface area contributed by atoms with Gasteiger partial charge in [-0.25, -0.2) is 13.2 Å². The third-order valence-corrected chi connectivity index (χ3v) is 7.68. The molecule has 0 saturated carbocycles. The number of anilines is 1. The number of rotatable bonds is 7. The van der Waals surface area contributed by atoms with Crippen LogP contribution in [0.25, 0.3) is 17.0 Å². The molecular formula is C24H22N4O5S2. The molecule has 0 atom stereocenters. The van der Waals surface area contributed by atoms with Gasteiger partial charge in [0.05, 0.1) is 16.1 Å². The number of sulfonamides is 1. The van der Waals surface area contributed by atoms with Crippen LogP contribution in [0.3, 0.4) is 0 Å². The van der Waals surface area contributed by atoms with E-state index in [9.17, 15) is 23.1 Å². The number of benzene rings is 2. The number of fused-ring (bicyclic) bond motifs is 1. The van der Waals surface area contributed by atoms with Gasteiger partial charge in [-0.05, 0) is 31.5 Å². The number of nitrogens with zero attached hydrogens (tertiary/aromatic N) is 1. The number of H-pyrrole nitrogens is 2. The number of aromatic hydroxyl groups is 1. The van der Waals surface area contributed by atoms with E-state index in [0.29, 0.717) is 22.4 Å². The van der Waals surface area contributed by atoms with Crippen molar-refractivity contribution in [2.24, 2.45) is 0 Å². The second-order valence-corrected chi connectivity index (χ2v) is 10.2. The highest BCUT2D eigenvalue weighted by molar-refractivity contribution is 7.99. The standard InChI is InChI=1S/C24H22N4O5S2/c1-3-7-16-15(4-2)22(29)19(34-18-10-5-8-14-9-6-11-25-21(14)18)12-17(16)28-35(32,33)20-13-26-24(31)27-23(20)30/h3,5-13,28-29H,4H2,1-2H3,(H2,26,27,30,31). The first-order valence-electron chi connectivity index (χ1n) is 10.6. The van der Waals surface area contributed by atoms with Crippen LogP contribution in [0.4, 0.5) is 5.69 Å². The normalized spacial score (nSPS) is 11.8. The van der Waals surface area contributed by atoms with Gasteiger partial charge in [-0.15, -0.1) is 0 Å². The Bertz CT molecular complexity index is 1670. The fraction of sp³-hybridized carbons (Fsp3) is 0.125. The molecule has 2 heterocycles. The molecule has 9 nitrogen and oxygen atoms in total. The first-order chi connectivity index (χ1) is 16.7. The SMILES string of the molecule is CC=Cc1c(NS(=O)(=O)c2c[nH]c(=O)[nH]c2=O)cc(Sc2cccc3cccnc23)c(O)c1CC. The lowest BCUT2D eigenvalue weighted by Crippen LogP contribution is -2.29. The highest BCUT2D eigenvalue weighted by Crippen LogP contribution is 2.43. The molecule has 0 spiro atoms. The molecule has 0 fully saturated rings. The topological polar surface area (TPSA) is 145 Å². The van der Waals surface area contributed by atoms with Crippen molar-refractivity contribution in [2.45, 2.75) is 35.0 Å². The number of para-hydroxylation sites is 1. The van der Waals surface area contributed by atoms with Gasteiger partial charge < -0.3 is 10.1 Å². The second-order valence-electron chi connectivity index (χ2n) is 7.49. The lowest BCUT2D eigenvalue weighted by molar-refractivity contribution is 0.456. The number of allylic oxidation sites excluding steroid dienone is 1. The summed E-state index contributed by atoms with van der Waals surface area (Å²) in [6, 6.07) is 11.0. The molecule has 0 amide bonds. The molecule has 2 aromatic carbocycles. The molecule has 0 bridgehead atoms. The van der Waals surface area contributed by atoms with Crippen molar-refractivity contribution in [1.29, 1.82) is 0 Å². The number of aromatic amines is 2. The zero-order chi connectivity index (χ0) is 25.2. The quantitative estimate of drug-likeness (QED) is 0.276. The van der Waals surface area contributed by atoms with E-state index < -0.39 is 26.2 Å².